The summed E-state index contributed by atoms with van der Waals surface area (Å²) in [6.07, 6.45) is 3.90. The van der Waals surface area contributed by atoms with Crippen LogP contribution in [0.1, 0.15) is 90.8 Å². The van der Waals surface area contributed by atoms with Crippen molar-refractivity contribution in [1.82, 2.24) is 4.98 Å². The van der Waals surface area contributed by atoms with Crippen molar-refractivity contribution in [1.29, 1.82) is 0 Å². The molecule has 0 amide bonds. The molecule has 1 fully saturated rings. The highest BCUT2D eigenvalue weighted by molar-refractivity contribution is 7.09. The van der Waals surface area contributed by atoms with Gasteiger partial charge in [-0.2, -0.15) is 0 Å². The van der Waals surface area contributed by atoms with E-state index in [-0.39, 0.29) is 36.0 Å². The number of thiazole rings is 1. The molecule has 0 radical (unpaired) electrons. The van der Waals surface area contributed by atoms with E-state index in [9.17, 15) is 15.0 Å². The molecule has 7 unspecified atom stereocenters. The van der Waals surface area contributed by atoms with Gasteiger partial charge in [0.15, 0.2) is 0 Å². The zero-order valence-electron chi connectivity index (χ0n) is 23.2. The summed E-state index contributed by atoms with van der Waals surface area (Å²) in [6.45, 7) is 13.7. The third-order valence-electron chi connectivity index (χ3n) is 7.82. The summed E-state index contributed by atoms with van der Waals surface area (Å²) < 4.78 is 6.04. The molecule has 1 saturated heterocycles. The SMILES string of the molecule is C/C(=C\c1csc(C)n1)C(CC1OC1(C)CCCC(C)C(O)C(C)CC(C)(C)C(O)CC(=O)O)N=[N+]=[N-]. The van der Waals surface area contributed by atoms with Gasteiger partial charge in [-0.05, 0) is 75.3 Å². The average molecular weight is 537 g/mol. The maximum absolute atomic E-state index is 11.0. The Balaban J connectivity index is 1.83. The number of carbonyl (C=O) groups is 1. The molecule has 37 heavy (non-hydrogen) atoms. The Hall–Kier alpha value is -1.97. The number of aliphatic hydroxyl groups excluding tert-OH is 2. The van der Waals surface area contributed by atoms with Crippen LogP contribution in [-0.2, 0) is 9.53 Å². The minimum Gasteiger partial charge on any atom is -0.481 e. The summed E-state index contributed by atoms with van der Waals surface area (Å²) in [7, 11) is 0. The highest BCUT2D eigenvalue weighted by Gasteiger charge is 2.52. The molecule has 0 aromatic carbocycles. The van der Waals surface area contributed by atoms with Gasteiger partial charge in [-0.25, -0.2) is 4.98 Å². The molecule has 2 rings (SSSR count). The Morgan fingerprint density at radius 3 is 2.62 bits per heavy atom. The van der Waals surface area contributed by atoms with Crippen LogP contribution in [0.15, 0.2) is 16.1 Å². The molecular weight excluding hydrogens is 492 g/mol. The number of hydrogen-bond acceptors (Lipinski definition) is 7. The second-order valence-electron chi connectivity index (χ2n) is 11.7. The van der Waals surface area contributed by atoms with Crippen LogP contribution in [0.25, 0.3) is 16.5 Å². The zero-order chi connectivity index (χ0) is 28.0. The molecule has 1 aromatic rings. The van der Waals surface area contributed by atoms with Crippen molar-refractivity contribution >= 4 is 23.4 Å². The number of aromatic nitrogens is 1. The van der Waals surface area contributed by atoms with Crippen molar-refractivity contribution in [2.24, 2.45) is 22.4 Å². The molecule has 0 bridgehead atoms. The van der Waals surface area contributed by atoms with Crippen LogP contribution in [0.5, 0.6) is 0 Å². The van der Waals surface area contributed by atoms with Crippen LogP contribution < -0.4 is 0 Å². The molecule has 10 heteroatoms. The van der Waals surface area contributed by atoms with E-state index in [1.165, 1.54) is 0 Å². The van der Waals surface area contributed by atoms with Crippen LogP contribution in [0.3, 0.4) is 0 Å². The van der Waals surface area contributed by atoms with Gasteiger partial charge in [0.05, 0.1) is 47.1 Å². The quantitative estimate of drug-likeness (QED) is 0.0999. The van der Waals surface area contributed by atoms with Crippen molar-refractivity contribution in [2.75, 3.05) is 0 Å². The number of ether oxygens (including phenoxy) is 1. The summed E-state index contributed by atoms with van der Waals surface area (Å²) in [5.41, 5.74) is 10.0. The van der Waals surface area contributed by atoms with E-state index < -0.39 is 23.6 Å². The Morgan fingerprint density at radius 2 is 2.05 bits per heavy atom. The molecule has 208 valence electrons. The number of epoxide rings is 1. The number of aryl methyl sites for hydroxylation is 1. The predicted molar refractivity (Wildman–Crippen MR) is 146 cm³/mol. The first-order valence-corrected chi connectivity index (χ1v) is 14.0. The maximum atomic E-state index is 11.0. The largest absolute Gasteiger partial charge is 0.481 e. The molecule has 1 aliphatic rings. The van der Waals surface area contributed by atoms with Crippen LogP contribution in [0, 0.1) is 24.2 Å². The van der Waals surface area contributed by atoms with Crippen molar-refractivity contribution in [2.45, 2.75) is 117 Å². The summed E-state index contributed by atoms with van der Waals surface area (Å²) in [4.78, 5) is 18.5. The topological polar surface area (TPSA) is 152 Å². The standard InChI is InChI=1S/C27H44N4O5S/c1-16(25(35)18(3)14-26(5,6)22(32)13-24(33)34)9-8-10-27(7)23(36-27)12-21(30-31-28)17(2)11-20-15-37-19(4)29-20/h11,15-16,18,21-23,25,32,35H,8-10,12-14H2,1-7H3,(H,33,34)/b17-11+. The number of azide groups is 1. The Morgan fingerprint density at radius 1 is 1.38 bits per heavy atom. The molecular formula is C27H44N4O5S. The van der Waals surface area contributed by atoms with E-state index >= 15 is 0 Å². The Labute approximate surface area is 224 Å². The monoisotopic (exact) mass is 536 g/mol. The molecule has 2 heterocycles. The highest BCUT2D eigenvalue weighted by atomic mass is 32.1. The number of aliphatic hydroxyl groups is 2. The lowest BCUT2D eigenvalue weighted by Gasteiger charge is -2.35. The van der Waals surface area contributed by atoms with E-state index in [2.05, 4.69) is 21.9 Å². The smallest absolute Gasteiger partial charge is 0.305 e. The van der Waals surface area contributed by atoms with Gasteiger partial charge in [-0.15, -0.1) is 11.3 Å². The molecule has 1 aromatic heterocycles. The number of nitrogens with zero attached hydrogens (tertiary/aromatic N) is 4. The van der Waals surface area contributed by atoms with Crippen molar-refractivity contribution in [3.63, 3.8) is 0 Å². The molecule has 0 spiro atoms. The molecule has 7 atom stereocenters. The first-order valence-electron chi connectivity index (χ1n) is 13.1. The van der Waals surface area contributed by atoms with Crippen LogP contribution >= 0.6 is 11.3 Å². The third kappa shape index (κ3) is 9.37. The number of carboxylic acids is 1. The van der Waals surface area contributed by atoms with Gasteiger partial charge in [0.2, 0.25) is 0 Å². The summed E-state index contributed by atoms with van der Waals surface area (Å²) in [5.74, 6) is -1.04. The minimum absolute atomic E-state index is 0.0131. The van der Waals surface area contributed by atoms with E-state index in [1.807, 2.05) is 53.0 Å². The number of carboxylic acid groups (broad SMARTS) is 1. The number of hydrogen-bond donors (Lipinski definition) is 3. The van der Waals surface area contributed by atoms with E-state index in [0.29, 0.717) is 12.8 Å². The van der Waals surface area contributed by atoms with Crippen LogP contribution in [-0.4, -0.2) is 56.2 Å². The lowest BCUT2D eigenvalue weighted by molar-refractivity contribution is -0.141. The maximum Gasteiger partial charge on any atom is 0.305 e. The molecule has 1 aliphatic heterocycles. The van der Waals surface area contributed by atoms with Gasteiger partial charge in [-0.3, -0.25) is 4.79 Å². The molecule has 9 nitrogen and oxygen atoms in total. The molecule has 0 aliphatic carbocycles. The summed E-state index contributed by atoms with van der Waals surface area (Å²) in [6, 6.07) is -0.291. The third-order valence-corrected chi connectivity index (χ3v) is 8.61. The van der Waals surface area contributed by atoms with Gasteiger partial charge in [0, 0.05) is 10.3 Å². The van der Waals surface area contributed by atoms with E-state index in [0.717, 1.165) is 35.5 Å². The first kappa shape index (κ1) is 31.2. The predicted octanol–water partition coefficient (Wildman–Crippen LogP) is 6.14. The number of rotatable bonds is 16. The summed E-state index contributed by atoms with van der Waals surface area (Å²) >= 11 is 1.58. The van der Waals surface area contributed by atoms with Crippen molar-refractivity contribution in [3.05, 3.63) is 32.1 Å². The fraction of sp³-hybridized carbons (Fsp3) is 0.778. The van der Waals surface area contributed by atoms with Crippen LogP contribution in [0.2, 0.25) is 0 Å². The lowest BCUT2D eigenvalue weighted by atomic mass is 9.74. The molecule has 0 saturated carbocycles. The number of aliphatic carboxylic acids is 1. The Kier molecular flexibility index (Phi) is 11.1. The summed E-state index contributed by atoms with van der Waals surface area (Å²) in [5, 5.41) is 37.1. The van der Waals surface area contributed by atoms with Gasteiger partial charge >= 0.3 is 5.97 Å². The first-order chi connectivity index (χ1) is 17.2. The average Bonchev–Trinajstić information content (AvgIpc) is 3.24. The second kappa shape index (κ2) is 13.2. The van der Waals surface area contributed by atoms with Gasteiger partial charge in [0.1, 0.15) is 0 Å². The second-order valence-corrected chi connectivity index (χ2v) is 12.8. The lowest BCUT2D eigenvalue weighted by Crippen LogP contribution is -2.37. The fourth-order valence-electron chi connectivity index (χ4n) is 5.21. The van der Waals surface area contributed by atoms with E-state index in [1.54, 1.807) is 11.3 Å². The van der Waals surface area contributed by atoms with Gasteiger partial charge in [-0.1, -0.05) is 44.8 Å². The molecule has 3 N–H and O–H groups in total. The normalized spacial score (nSPS) is 24.0. The highest BCUT2D eigenvalue weighted by Crippen LogP contribution is 2.45. The van der Waals surface area contributed by atoms with Gasteiger partial charge < -0.3 is 20.1 Å². The fourth-order valence-corrected chi connectivity index (χ4v) is 5.78. The van der Waals surface area contributed by atoms with E-state index in [4.69, 9.17) is 15.4 Å². The van der Waals surface area contributed by atoms with Crippen molar-refractivity contribution < 1.29 is 24.9 Å². The van der Waals surface area contributed by atoms with Gasteiger partial charge in [0.25, 0.3) is 0 Å². The minimum atomic E-state index is -1.03. The van der Waals surface area contributed by atoms with Crippen LogP contribution in [0.4, 0.5) is 0 Å². The zero-order valence-corrected chi connectivity index (χ0v) is 24.0. The van der Waals surface area contributed by atoms with Crippen molar-refractivity contribution in [3.8, 4) is 0 Å². The Bertz CT molecular complexity index is 989.